The van der Waals surface area contributed by atoms with Gasteiger partial charge in [-0.15, -0.1) is 10.2 Å². The standard InChI is InChI=1S/C22H39N7OS/c1-7-17(8-2)19-13-18(30-28-19)14-25-21(23-9-3)24-12-10-11-20-26-27-22(31-6)29(20)15-16(4)5/h13,16-17H,7-12,14-15H2,1-6H3,(H2,23,24,25). The number of thioether (sulfide) groups is 1. The molecule has 31 heavy (non-hydrogen) atoms. The van der Waals surface area contributed by atoms with E-state index in [1.54, 1.807) is 11.8 Å². The maximum atomic E-state index is 5.49. The van der Waals surface area contributed by atoms with Crippen LogP contribution in [0.15, 0.2) is 20.7 Å². The predicted octanol–water partition coefficient (Wildman–Crippen LogP) is 4.24. The second-order valence-electron chi connectivity index (χ2n) is 8.06. The van der Waals surface area contributed by atoms with Gasteiger partial charge in [-0.1, -0.05) is 44.6 Å². The minimum atomic E-state index is 0.456. The number of rotatable bonds is 13. The van der Waals surface area contributed by atoms with Crippen molar-refractivity contribution in [3.8, 4) is 0 Å². The highest BCUT2D eigenvalue weighted by molar-refractivity contribution is 7.98. The molecule has 0 bridgehead atoms. The Hall–Kier alpha value is -2.03. The van der Waals surface area contributed by atoms with Crippen LogP contribution < -0.4 is 10.6 Å². The van der Waals surface area contributed by atoms with Gasteiger partial charge in [-0.05, 0) is 38.4 Å². The van der Waals surface area contributed by atoms with Crippen molar-refractivity contribution in [2.75, 3.05) is 19.3 Å². The summed E-state index contributed by atoms with van der Waals surface area (Å²) in [6.45, 7) is 13.9. The van der Waals surface area contributed by atoms with Crippen LogP contribution >= 0.6 is 11.8 Å². The third kappa shape index (κ3) is 7.87. The molecule has 8 nitrogen and oxygen atoms in total. The average molecular weight is 450 g/mol. The molecule has 0 saturated carbocycles. The molecule has 2 aromatic heterocycles. The van der Waals surface area contributed by atoms with Crippen molar-refractivity contribution in [1.29, 1.82) is 0 Å². The fraction of sp³-hybridized carbons (Fsp3) is 0.727. The summed E-state index contributed by atoms with van der Waals surface area (Å²) in [5.41, 5.74) is 1.03. The zero-order valence-electron chi connectivity index (χ0n) is 19.9. The predicted molar refractivity (Wildman–Crippen MR) is 128 cm³/mol. The van der Waals surface area contributed by atoms with Crippen molar-refractivity contribution >= 4 is 17.7 Å². The number of aliphatic imine (C=N–C) groups is 1. The van der Waals surface area contributed by atoms with E-state index in [-0.39, 0.29) is 0 Å². The first-order valence-electron chi connectivity index (χ1n) is 11.5. The second-order valence-corrected chi connectivity index (χ2v) is 8.84. The Balaban J connectivity index is 1.88. The lowest BCUT2D eigenvalue weighted by Crippen LogP contribution is -2.37. The largest absolute Gasteiger partial charge is 0.359 e. The highest BCUT2D eigenvalue weighted by Gasteiger charge is 2.14. The molecule has 0 atom stereocenters. The van der Waals surface area contributed by atoms with Crippen LogP contribution in [0.2, 0.25) is 0 Å². The van der Waals surface area contributed by atoms with Crippen LogP contribution in [0.1, 0.15) is 77.1 Å². The highest BCUT2D eigenvalue weighted by atomic mass is 32.2. The zero-order valence-corrected chi connectivity index (χ0v) is 20.8. The van der Waals surface area contributed by atoms with E-state index in [1.165, 1.54) is 0 Å². The van der Waals surface area contributed by atoms with Crippen LogP contribution in [-0.4, -0.2) is 45.2 Å². The second kappa shape index (κ2) is 13.4. The normalized spacial score (nSPS) is 12.2. The van der Waals surface area contributed by atoms with E-state index in [9.17, 15) is 0 Å². The number of aryl methyl sites for hydroxylation is 1. The zero-order chi connectivity index (χ0) is 22.6. The third-order valence-electron chi connectivity index (χ3n) is 5.11. The summed E-state index contributed by atoms with van der Waals surface area (Å²) in [5, 5.41) is 20.6. The van der Waals surface area contributed by atoms with Crippen molar-refractivity contribution in [2.24, 2.45) is 10.9 Å². The van der Waals surface area contributed by atoms with E-state index in [4.69, 9.17) is 4.52 Å². The van der Waals surface area contributed by atoms with Gasteiger partial charge >= 0.3 is 0 Å². The smallest absolute Gasteiger partial charge is 0.191 e. The first-order valence-corrected chi connectivity index (χ1v) is 12.7. The first-order chi connectivity index (χ1) is 15.0. The van der Waals surface area contributed by atoms with Crippen LogP contribution in [0.3, 0.4) is 0 Å². The lowest BCUT2D eigenvalue weighted by Gasteiger charge is -2.13. The molecule has 0 spiro atoms. The molecular weight excluding hydrogens is 410 g/mol. The van der Waals surface area contributed by atoms with E-state index < -0.39 is 0 Å². The Morgan fingerprint density at radius 2 is 1.97 bits per heavy atom. The Bertz CT molecular complexity index is 796. The Morgan fingerprint density at radius 3 is 2.61 bits per heavy atom. The fourth-order valence-electron chi connectivity index (χ4n) is 3.46. The summed E-state index contributed by atoms with van der Waals surface area (Å²) in [6, 6.07) is 2.04. The SMILES string of the molecule is CCNC(=NCc1cc(C(CC)CC)no1)NCCCc1nnc(SC)n1CC(C)C. The van der Waals surface area contributed by atoms with Gasteiger partial charge in [0.1, 0.15) is 12.4 Å². The molecule has 9 heteroatoms. The summed E-state index contributed by atoms with van der Waals surface area (Å²) in [7, 11) is 0. The van der Waals surface area contributed by atoms with Gasteiger partial charge < -0.3 is 19.7 Å². The molecule has 0 saturated heterocycles. The molecule has 2 heterocycles. The maximum Gasteiger partial charge on any atom is 0.191 e. The van der Waals surface area contributed by atoms with Crippen molar-refractivity contribution in [2.45, 2.75) is 84.5 Å². The minimum absolute atomic E-state index is 0.456. The minimum Gasteiger partial charge on any atom is -0.359 e. The number of nitrogens with one attached hydrogen (secondary N) is 2. The van der Waals surface area contributed by atoms with Crippen LogP contribution in [0.5, 0.6) is 0 Å². The molecule has 174 valence electrons. The van der Waals surface area contributed by atoms with Gasteiger partial charge in [-0.2, -0.15) is 0 Å². The molecule has 2 aromatic rings. The van der Waals surface area contributed by atoms with Gasteiger partial charge in [0, 0.05) is 38.0 Å². The van der Waals surface area contributed by atoms with Crippen molar-refractivity contribution in [3.05, 3.63) is 23.3 Å². The number of hydrogen-bond acceptors (Lipinski definition) is 6. The monoisotopic (exact) mass is 449 g/mol. The average Bonchev–Trinajstić information content (AvgIpc) is 3.37. The van der Waals surface area contributed by atoms with Gasteiger partial charge in [-0.25, -0.2) is 4.99 Å². The topological polar surface area (TPSA) is 93.2 Å². The van der Waals surface area contributed by atoms with Crippen molar-refractivity contribution in [1.82, 2.24) is 30.6 Å². The lowest BCUT2D eigenvalue weighted by atomic mass is 9.99. The summed E-state index contributed by atoms with van der Waals surface area (Å²) in [6.07, 6.45) is 6.02. The summed E-state index contributed by atoms with van der Waals surface area (Å²) in [4.78, 5) is 4.65. The van der Waals surface area contributed by atoms with Crippen molar-refractivity contribution in [3.63, 3.8) is 0 Å². The van der Waals surface area contributed by atoms with Crippen molar-refractivity contribution < 1.29 is 4.52 Å². The number of aromatic nitrogens is 4. The fourth-order valence-corrected chi connectivity index (χ4v) is 3.98. The van der Waals surface area contributed by atoms with Crippen LogP contribution in [-0.2, 0) is 19.5 Å². The van der Waals surface area contributed by atoms with E-state index in [2.05, 4.69) is 70.2 Å². The van der Waals surface area contributed by atoms with E-state index in [0.29, 0.717) is 18.4 Å². The maximum absolute atomic E-state index is 5.49. The van der Waals surface area contributed by atoms with Gasteiger partial charge in [-0.3, -0.25) is 0 Å². The summed E-state index contributed by atoms with van der Waals surface area (Å²) < 4.78 is 7.73. The Morgan fingerprint density at radius 1 is 1.19 bits per heavy atom. The van der Waals surface area contributed by atoms with E-state index in [0.717, 1.165) is 73.7 Å². The molecule has 0 aliphatic carbocycles. The molecule has 2 rings (SSSR count). The molecule has 0 aromatic carbocycles. The molecule has 2 N–H and O–H groups in total. The molecule has 0 fully saturated rings. The van der Waals surface area contributed by atoms with Crippen LogP contribution in [0, 0.1) is 5.92 Å². The molecule has 0 unspecified atom stereocenters. The van der Waals surface area contributed by atoms with E-state index in [1.807, 2.05) is 12.3 Å². The quantitative estimate of drug-likeness (QED) is 0.204. The van der Waals surface area contributed by atoms with Gasteiger partial charge in [0.2, 0.25) is 0 Å². The van der Waals surface area contributed by atoms with E-state index >= 15 is 0 Å². The highest BCUT2D eigenvalue weighted by Crippen LogP contribution is 2.22. The molecule has 0 radical (unpaired) electrons. The molecular formula is C22H39N7OS. The number of nitrogens with zero attached hydrogens (tertiary/aromatic N) is 5. The molecule has 0 amide bonds. The first kappa shape index (κ1) is 25.2. The Kier molecular flexibility index (Phi) is 10.9. The summed E-state index contributed by atoms with van der Waals surface area (Å²) in [5.74, 6) is 3.66. The van der Waals surface area contributed by atoms with Crippen LogP contribution in [0.4, 0.5) is 0 Å². The van der Waals surface area contributed by atoms with Gasteiger partial charge in [0.05, 0.1) is 5.69 Å². The van der Waals surface area contributed by atoms with Crippen LogP contribution in [0.25, 0.3) is 0 Å². The molecule has 0 aliphatic rings. The molecule has 0 aliphatic heterocycles. The lowest BCUT2D eigenvalue weighted by molar-refractivity contribution is 0.372. The van der Waals surface area contributed by atoms with Gasteiger partial charge in [0.25, 0.3) is 0 Å². The summed E-state index contributed by atoms with van der Waals surface area (Å²) >= 11 is 1.65. The van der Waals surface area contributed by atoms with Gasteiger partial charge in [0.15, 0.2) is 16.9 Å². The number of guanidine groups is 1. The number of hydrogen-bond donors (Lipinski definition) is 2. The Labute approximate surface area is 191 Å². The third-order valence-corrected chi connectivity index (χ3v) is 5.78.